The Kier molecular flexibility index (Phi) is 2.77. The Bertz CT molecular complexity index is 270. The number of halogens is 4. The standard InChI is InChI=1S/C6H5BrF3NS/c1-3(6(8,9)10)4-2-11-5(7)12-4/h2-3H,1H3. The van der Waals surface area contributed by atoms with Gasteiger partial charge in [0.25, 0.3) is 0 Å². The van der Waals surface area contributed by atoms with Gasteiger partial charge in [-0.2, -0.15) is 13.2 Å². The molecule has 1 rings (SSSR count). The van der Waals surface area contributed by atoms with Gasteiger partial charge in [-0.1, -0.05) is 0 Å². The van der Waals surface area contributed by atoms with Gasteiger partial charge < -0.3 is 0 Å². The fraction of sp³-hybridized carbons (Fsp3) is 0.500. The third kappa shape index (κ3) is 2.20. The third-order valence-electron chi connectivity index (χ3n) is 1.41. The van der Waals surface area contributed by atoms with Crippen molar-refractivity contribution in [3.8, 4) is 0 Å². The zero-order valence-electron chi connectivity index (χ0n) is 6.02. The molecule has 1 nitrogen and oxygen atoms in total. The second kappa shape index (κ2) is 3.33. The summed E-state index contributed by atoms with van der Waals surface area (Å²) in [6, 6.07) is 0. The van der Waals surface area contributed by atoms with Crippen LogP contribution < -0.4 is 0 Å². The molecule has 0 fully saturated rings. The van der Waals surface area contributed by atoms with Gasteiger partial charge in [0.2, 0.25) is 0 Å². The highest BCUT2D eigenvalue weighted by Crippen LogP contribution is 2.37. The van der Waals surface area contributed by atoms with Gasteiger partial charge >= 0.3 is 6.18 Å². The van der Waals surface area contributed by atoms with Crippen LogP contribution in [0.5, 0.6) is 0 Å². The van der Waals surface area contributed by atoms with Gasteiger partial charge in [0, 0.05) is 11.1 Å². The van der Waals surface area contributed by atoms with Crippen molar-refractivity contribution in [2.75, 3.05) is 0 Å². The maximum Gasteiger partial charge on any atom is 0.396 e. The molecule has 0 N–H and O–H groups in total. The van der Waals surface area contributed by atoms with Crippen molar-refractivity contribution in [2.45, 2.75) is 19.0 Å². The number of hydrogen-bond acceptors (Lipinski definition) is 2. The molecule has 0 aliphatic carbocycles. The molecule has 0 aliphatic rings. The monoisotopic (exact) mass is 259 g/mol. The summed E-state index contributed by atoms with van der Waals surface area (Å²) in [6.45, 7) is 1.12. The van der Waals surface area contributed by atoms with E-state index in [1.165, 1.54) is 6.20 Å². The van der Waals surface area contributed by atoms with E-state index >= 15 is 0 Å². The van der Waals surface area contributed by atoms with Crippen molar-refractivity contribution in [1.29, 1.82) is 0 Å². The van der Waals surface area contributed by atoms with Crippen LogP contribution in [0.1, 0.15) is 17.7 Å². The first-order valence-corrected chi connectivity index (χ1v) is 4.70. The predicted molar refractivity (Wildman–Crippen MR) is 44.3 cm³/mol. The molecule has 0 spiro atoms. The average molecular weight is 260 g/mol. The van der Waals surface area contributed by atoms with Crippen molar-refractivity contribution in [1.82, 2.24) is 4.98 Å². The maximum absolute atomic E-state index is 12.1. The molecule has 1 atom stereocenters. The molecule has 0 aliphatic heterocycles. The van der Waals surface area contributed by atoms with E-state index in [-0.39, 0.29) is 4.88 Å². The Balaban J connectivity index is 2.85. The zero-order valence-corrected chi connectivity index (χ0v) is 8.42. The summed E-state index contributed by atoms with van der Waals surface area (Å²) in [6.07, 6.45) is -2.93. The van der Waals surface area contributed by atoms with Crippen molar-refractivity contribution in [3.63, 3.8) is 0 Å². The van der Waals surface area contributed by atoms with Gasteiger partial charge in [-0.05, 0) is 22.9 Å². The minimum Gasteiger partial charge on any atom is -0.237 e. The summed E-state index contributed by atoms with van der Waals surface area (Å²) < 4.78 is 36.8. The van der Waals surface area contributed by atoms with Crippen LogP contribution in [0.15, 0.2) is 10.1 Å². The number of nitrogens with zero attached hydrogens (tertiary/aromatic N) is 1. The van der Waals surface area contributed by atoms with Crippen molar-refractivity contribution < 1.29 is 13.2 Å². The molecular formula is C6H5BrF3NS. The number of rotatable bonds is 1. The number of alkyl halides is 3. The molecule has 0 radical (unpaired) electrons. The van der Waals surface area contributed by atoms with E-state index in [0.717, 1.165) is 18.3 Å². The zero-order chi connectivity index (χ0) is 9.35. The molecule has 0 bridgehead atoms. The number of aromatic nitrogens is 1. The largest absolute Gasteiger partial charge is 0.396 e. The van der Waals surface area contributed by atoms with E-state index < -0.39 is 12.1 Å². The van der Waals surface area contributed by atoms with Crippen molar-refractivity contribution in [3.05, 3.63) is 15.0 Å². The molecule has 1 heterocycles. The second-order valence-electron chi connectivity index (χ2n) is 2.28. The molecule has 68 valence electrons. The number of thiazole rings is 1. The molecule has 0 saturated heterocycles. The topological polar surface area (TPSA) is 12.9 Å². The van der Waals surface area contributed by atoms with Gasteiger partial charge in [0.1, 0.15) is 0 Å². The highest BCUT2D eigenvalue weighted by atomic mass is 79.9. The van der Waals surface area contributed by atoms with E-state index in [9.17, 15) is 13.2 Å². The minimum atomic E-state index is -4.17. The van der Waals surface area contributed by atoms with Crippen LogP contribution in [-0.2, 0) is 0 Å². The first-order valence-electron chi connectivity index (χ1n) is 3.09. The summed E-state index contributed by atoms with van der Waals surface area (Å²) in [4.78, 5) is 3.92. The second-order valence-corrected chi connectivity index (χ2v) is 4.62. The summed E-state index contributed by atoms with van der Waals surface area (Å²) >= 11 is 4.02. The minimum absolute atomic E-state index is 0.231. The van der Waals surface area contributed by atoms with Crippen LogP contribution in [0.4, 0.5) is 13.2 Å². The van der Waals surface area contributed by atoms with Crippen LogP contribution in [0.2, 0.25) is 0 Å². The molecule has 1 unspecified atom stereocenters. The third-order valence-corrected chi connectivity index (χ3v) is 3.07. The van der Waals surface area contributed by atoms with Gasteiger partial charge in [0.15, 0.2) is 3.92 Å². The Labute approximate surface area is 79.8 Å². The summed E-state index contributed by atoms with van der Waals surface area (Å²) in [7, 11) is 0. The van der Waals surface area contributed by atoms with Gasteiger partial charge in [-0.15, -0.1) is 11.3 Å². The lowest BCUT2D eigenvalue weighted by Crippen LogP contribution is -2.16. The fourth-order valence-corrected chi connectivity index (χ4v) is 2.00. The first-order chi connectivity index (χ1) is 5.41. The molecule has 1 aromatic heterocycles. The van der Waals surface area contributed by atoms with Crippen LogP contribution in [-0.4, -0.2) is 11.2 Å². The van der Waals surface area contributed by atoms with Gasteiger partial charge in [0.05, 0.1) is 5.92 Å². The molecule has 0 amide bonds. The normalized spacial score (nSPS) is 14.8. The molecule has 12 heavy (non-hydrogen) atoms. The van der Waals surface area contributed by atoms with Crippen LogP contribution in [0.25, 0.3) is 0 Å². The molecule has 6 heteroatoms. The predicted octanol–water partition coefficient (Wildman–Crippen LogP) is 3.57. The van der Waals surface area contributed by atoms with Crippen LogP contribution >= 0.6 is 27.3 Å². The Morgan fingerprint density at radius 2 is 2.17 bits per heavy atom. The van der Waals surface area contributed by atoms with Crippen LogP contribution in [0, 0.1) is 0 Å². The van der Waals surface area contributed by atoms with Crippen LogP contribution in [0.3, 0.4) is 0 Å². The first kappa shape index (κ1) is 9.98. The quantitative estimate of drug-likeness (QED) is 0.752. The average Bonchev–Trinajstić information content (AvgIpc) is 2.32. The lowest BCUT2D eigenvalue weighted by atomic mass is 10.1. The molecule has 0 saturated carbocycles. The lowest BCUT2D eigenvalue weighted by Gasteiger charge is -2.12. The smallest absolute Gasteiger partial charge is 0.237 e. The molecule has 1 aromatic rings. The Hall–Kier alpha value is -0.100. The highest BCUT2D eigenvalue weighted by molar-refractivity contribution is 9.11. The van der Waals surface area contributed by atoms with E-state index in [1.807, 2.05) is 0 Å². The van der Waals surface area contributed by atoms with E-state index in [0.29, 0.717) is 3.92 Å². The van der Waals surface area contributed by atoms with E-state index in [4.69, 9.17) is 0 Å². The maximum atomic E-state index is 12.1. The molecule has 0 aromatic carbocycles. The van der Waals surface area contributed by atoms with Crippen molar-refractivity contribution in [2.24, 2.45) is 0 Å². The van der Waals surface area contributed by atoms with Crippen molar-refractivity contribution >= 4 is 27.3 Å². The van der Waals surface area contributed by atoms with E-state index in [1.54, 1.807) is 0 Å². The van der Waals surface area contributed by atoms with E-state index in [2.05, 4.69) is 20.9 Å². The highest BCUT2D eigenvalue weighted by Gasteiger charge is 2.38. The SMILES string of the molecule is CC(c1cnc(Br)s1)C(F)(F)F. The Morgan fingerprint density at radius 1 is 1.58 bits per heavy atom. The Morgan fingerprint density at radius 3 is 2.50 bits per heavy atom. The van der Waals surface area contributed by atoms with Gasteiger partial charge in [-0.3, -0.25) is 0 Å². The fourth-order valence-electron chi connectivity index (χ4n) is 0.626. The summed E-state index contributed by atoms with van der Waals surface area (Å²) in [5.41, 5.74) is 0. The summed E-state index contributed by atoms with van der Waals surface area (Å²) in [5.74, 6) is -1.43. The molecular weight excluding hydrogens is 255 g/mol. The summed E-state index contributed by atoms with van der Waals surface area (Å²) in [5, 5.41) is 0. The number of hydrogen-bond donors (Lipinski definition) is 0. The lowest BCUT2D eigenvalue weighted by molar-refractivity contribution is -0.145. The van der Waals surface area contributed by atoms with Gasteiger partial charge in [-0.25, -0.2) is 4.98 Å².